The number of carboxylic acids is 1. The molecule has 3 saturated carbocycles. The lowest BCUT2D eigenvalue weighted by Gasteiger charge is -2.44. The van der Waals surface area contributed by atoms with Crippen molar-refractivity contribution in [1.82, 2.24) is 29.7 Å². The third kappa shape index (κ3) is 13.2. The second-order valence-electron chi connectivity index (χ2n) is 28.8. The second kappa shape index (κ2) is 27.2. The molecule has 9 atom stereocenters. The van der Waals surface area contributed by atoms with Gasteiger partial charge < -0.3 is 48.5 Å². The lowest BCUT2D eigenvalue weighted by molar-refractivity contribution is -0.138. The van der Waals surface area contributed by atoms with E-state index in [1.165, 1.54) is 119 Å². The minimum atomic E-state index is -1.08. The Bertz CT molecular complexity index is 3670. The van der Waals surface area contributed by atoms with Crippen LogP contribution in [0.15, 0.2) is 94.2 Å². The van der Waals surface area contributed by atoms with Crippen LogP contribution in [0.4, 0.5) is 0 Å². The van der Waals surface area contributed by atoms with Crippen LogP contribution in [-0.4, -0.2) is 115 Å². The Morgan fingerprint density at radius 2 is 0.911 bits per heavy atom. The van der Waals surface area contributed by atoms with E-state index < -0.39 is 13.1 Å². The summed E-state index contributed by atoms with van der Waals surface area (Å²) < 4.78 is 19.5. The minimum Gasteiger partial charge on any atom is -0.475 e. The summed E-state index contributed by atoms with van der Waals surface area (Å²) in [6.07, 6.45) is 30.3. The number of carbonyl (C=O) groups excluding carboxylic acids is 3. The van der Waals surface area contributed by atoms with Gasteiger partial charge in [0.1, 0.15) is 5.76 Å². The average Bonchev–Trinajstić information content (AvgIpc) is 1.67. The van der Waals surface area contributed by atoms with Crippen LogP contribution >= 0.6 is 15.9 Å². The summed E-state index contributed by atoms with van der Waals surface area (Å²) in [7, 11) is -0.416. The van der Waals surface area contributed by atoms with Gasteiger partial charge in [0, 0.05) is 118 Å². The molecule has 8 heterocycles. The van der Waals surface area contributed by atoms with Gasteiger partial charge in [0.2, 0.25) is 23.5 Å². The van der Waals surface area contributed by atoms with Gasteiger partial charge in [-0.15, -0.1) is 0 Å². The summed E-state index contributed by atoms with van der Waals surface area (Å²) >= 11 is 3.67. The predicted molar refractivity (Wildman–Crippen MR) is 362 cm³/mol. The highest BCUT2D eigenvalue weighted by atomic mass is 79.9. The van der Waals surface area contributed by atoms with Crippen molar-refractivity contribution in [2.24, 2.45) is 17.8 Å². The maximum absolute atomic E-state index is 13.5. The highest BCUT2D eigenvalue weighted by Gasteiger charge is 2.52. The SMILES string of the molecule is CC(CC(=O)N1CCCC2CCCCC21)c1c[nH]c2cccc(-c3ccc(C(=O)O)o3)c12.CC(CC(=O)N1CCCC2CCCCC21)c1c[nH]c2cccc(B3OC(C)(C)C(C)(C)O3)c12.CC(CC(=O)N1CCCC2CCCCC21)c1c[nH]c2cccc(Br)c12. The van der Waals surface area contributed by atoms with E-state index in [1.807, 2.05) is 30.5 Å². The molecule has 480 valence electrons. The molecule has 3 aromatic carbocycles. The summed E-state index contributed by atoms with van der Waals surface area (Å²) in [6, 6.07) is 22.9. The number of benzene rings is 3. The molecular formula is C74H96BBrN6O8. The van der Waals surface area contributed by atoms with E-state index in [0.29, 0.717) is 60.9 Å². The topological polar surface area (TPSA) is 177 Å². The number of halogens is 1. The number of carboxylic acid groups (broad SMARTS) is 1. The first-order valence-corrected chi connectivity index (χ1v) is 35.2. The number of amides is 3. The molecule has 0 radical (unpaired) electrons. The van der Waals surface area contributed by atoms with Crippen LogP contribution in [0.1, 0.15) is 228 Å². The van der Waals surface area contributed by atoms with E-state index in [1.54, 1.807) is 6.07 Å². The molecule has 0 bridgehead atoms. The van der Waals surface area contributed by atoms with Crippen molar-refractivity contribution in [3.05, 3.63) is 112 Å². The van der Waals surface area contributed by atoms with Gasteiger partial charge in [0.05, 0.1) is 11.2 Å². The number of aromatic nitrogens is 3. The molecule has 3 aliphatic carbocycles. The molecule has 3 amide bonds. The molecule has 7 fully saturated rings. The largest absolute Gasteiger partial charge is 0.495 e. The average molecular weight is 1290 g/mol. The molecule has 90 heavy (non-hydrogen) atoms. The van der Waals surface area contributed by atoms with Crippen molar-refractivity contribution < 1.29 is 38.0 Å². The number of aromatic amines is 3. The van der Waals surface area contributed by atoms with Crippen molar-refractivity contribution in [2.45, 2.75) is 230 Å². The number of fused-ring (bicyclic) bond motifs is 6. The third-order valence-corrected chi connectivity index (χ3v) is 23.2. The number of aromatic carboxylic acids is 1. The van der Waals surface area contributed by atoms with Crippen LogP contribution in [0.3, 0.4) is 0 Å². The van der Waals surface area contributed by atoms with Crippen molar-refractivity contribution in [3.8, 4) is 11.3 Å². The molecule has 14 rings (SSSR count). The van der Waals surface area contributed by atoms with Crippen molar-refractivity contribution in [1.29, 1.82) is 0 Å². The van der Waals surface area contributed by atoms with E-state index in [0.717, 1.165) is 99.1 Å². The van der Waals surface area contributed by atoms with E-state index in [4.69, 9.17) is 13.7 Å². The molecule has 4 aliphatic heterocycles. The summed E-state index contributed by atoms with van der Waals surface area (Å²) in [5.41, 5.74) is 7.77. The quantitative estimate of drug-likeness (QED) is 0.0874. The molecule has 0 spiro atoms. The van der Waals surface area contributed by atoms with Gasteiger partial charge in [-0.2, -0.15) is 0 Å². The van der Waals surface area contributed by atoms with E-state index in [-0.39, 0.29) is 40.6 Å². The molecule has 9 unspecified atom stereocenters. The molecule has 14 nitrogen and oxygen atoms in total. The van der Waals surface area contributed by atoms with Gasteiger partial charge in [-0.1, -0.05) is 106 Å². The minimum absolute atomic E-state index is 0.0373. The Labute approximate surface area is 541 Å². The number of furan rings is 1. The second-order valence-corrected chi connectivity index (χ2v) is 29.6. The van der Waals surface area contributed by atoms with Crippen LogP contribution in [0, 0.1) is 17.8 Å². The zero-order valence-corrected chi connectivity index (χ0v) is 55.9. The highest BCUT2D eigenvalue weighted by Crippen LogP contribution is 2.43. The monoisotopic (exact) mass is 1290 g/mol. The summed E-state index contributed by atoms with van der Waals surface area (Å²) in [5, 5.41) is 12.6. The van der Waals surface area contributed by atoms with Crippen LogP contribution in [0.25, 0.3) is 44.0 Å². The normalized spacial score (nSPS) is 24.8. The first-order chi connectivity index (χ1) is 43.4. The zero-order valence-electron chi connectivity index (χ0n) is 54.4. The van der Waals surface area contributed by atoms with Gasteiger partial charge in [0.15, 0.2) is 0 Å². The Hall–Kier alpha value is -6.10. The highest BCUT2D eigenvalue weighted by molar-refractivity contribution is 9.10. The van der Waals surface area contributed by atoms with Gasteiger partial charge >= 0.3 is 13.1 Å². The number of likely N-dealkylation sites (tertiary alicyclic amines) is 3. The maximum atomic E-state index is 13.5. The Morgan fingerprint density at radius 3 is 1.37 bits per heavy atom. The number of carbonyl (C=O) groups is 4. The van der Waals surface area contributed by atoms with Gasteiger partial charge in [-0.05, 0) is 199 Å². The molecular weight excluding hydrogens is 1190 g/mol. The molecule has 4 N–H and O–H groups in total. The van der Waals surface area contributed by atoms with Crippen molar-refractivity contribution in [2.75, 3.05) is 19.6 Å². The zero-order chi connectivity index (χ0) is 63.0. The van der Waals surface area contributed by atoms with Crippen LogP contribution in [0.5, 0.6) is 0 Å². The van der Waals surface area contributed by atoms with Crippen molar-refractivity contribution in [3.63, 3.8) is 0 Å². The van der Waals surface area contributed by atoms with Crippen LogP contribution < -0.4 is 5.46 Å². The molecule has 4 aromatic heterocycles. The fourth-order valence-corrected chi connectivity index (χ4v) is 17.6. The van der Waals surface area contributed by atoms with E-state index in [9.17, 15) is 24.3 Å². The lowest BCUT2D eigenvalue weighted by atomic mass is 9.75. The standard InChI is InChI=1S/C27H39BN2O3.C26H30N2O4.C21H27BrN2O/c1-18(16-24(31)30-15-9-11-19-10-6-7-14-23(19)30)20-17-29-22-13-8-12-21(25(20)22)28-32-26(2,3)27(4,5)33-28;1-16(14-24(29)28-13-5-7-17-6-2-3-10-21(17)28)19-15-27-20-9-4-8-18(25(19)20)22-11-12-23(32-22)26(30)31;1-14(16-13-23-18-9-4-8-17(22)21(16)18)12-20(25)24-11-5-7-15-6-2-3-10-19(15)24/h8,12-13,17-19,23,29H,6-7,9-11,14-16H2,1-5H3;4,8-9,11-12,15-17,21,27H,2-3,5-7,10,13-14H2,1H3,(H,30,31);4,8-9,13-15,19,23H,2-3,5-7,10-12H2,1H3. The van der Waals surface area contributed by atoms with Gasteiger partial charge in [-0.25, -0.2) is 4.79 Å². The number of nitrogens with zero attached hydrogens (tertiary/aromatic N) is 3. The molecule has 7 aliphatic rings. The third-order valence-electron chi connectivity index (χ3n) is 22.5. The number of piperidine rings is 3. The summed E-state index contributed by atoms with van der Waals surface area (Å²) in [5.74, 6) is 2.83. The molecule has 16 heteroatoms. The van der Waals surface area contributed by atoms with E-state index >= 15 is 0 Å². The number of hydrogen-bond acceptors (Lipinski definition) is 7. The molecule has 4 saturated heterocycles. The lowest BCUT2D eigenvalue weighted by Crippen LogP contribution is -2.49. The predicted octanol–water partition coefficient (Wildman–Crippen LogP) is 16.5. The number of rotatable bonds is 12. The van der Waals surface area contributed by atoms with Crippen molar-refractivity contribution >= 4 is 84.9 Å². The fourth-order valence-electron chi connectivity index (χ4n) is 17.0. The Kier molecular flexibility index (Phi) is 19.4. The number of hydrogen-bond donors (Lipinski definition) is 4. The Balaban J connectivity index is 0.000000132. The van der Waals surface area contributed by atoms with E-state index in [2.05, 4.69) is 137 Å². The summed E-state index contributed by atoms with van der Waals surface area (Å²) in [6.45, 7) is 17.6. The maximum Gasteiger partial charge on any atom is 0.495 e. The first-order valence-electron chi connectivity index (χ1n) is 34.4. The Morgan fingerprint density at radius 1 is 0.522 bits per heavy atom. The molecule has 7 aromatic rings. The van der Waals surface area contributed by atoms with Crippen LogP contribution in [0.2, 0.25) is 0 Å². The fraction of sp³-hybridized carbons (Fsp3) is 0.568. The van der Waals surface area contributed by atoms with Gasteiger partial charge in [0.25, 0.3) is 0 Å². The first kappa shape index (κ1) is 64.0. The smallest absolute Gasteiger partial charge is 0.475 e. The van der Waals surface area contributed by atoms with Gasteiger partial charge in [-0.3, -0.25) is 14.4 Å². The number of H-pyrrole nitrogens is 3. The van der Waals surface area contributed by atoms with Crippen LogP contribution in [-0.2, 0) is 23.7 Å². The summed E-state index contributed by atoms with van der Waals surface area (Å²) in [4.78, 5) is 67.9. The number of nitrogens with one attached hydrogen (secondary N) is 3.